The van der Waals surface area contributed by atoms with E-state index in [1.54, 1.807) is 0 Å². The molecule has 1 heterocycles. The number of nitrogens with zero attached hydrogens (tertiary/aromatic N) is 2. The first-order chi connectivity index (χ1) is 12.7. The molecular weight excluding hydrogens is 431 g/mol. The van der Waals surface area contributed by atoms with Crippen LogP contribution in [0, 0.1) is 14.9 Å². The second-order valence-electron chi connectivity index (χ2n) is 6.21. The van der Waals surface area contributed by atoms with E-state index in [1.165, 1.54) is 21.8 Å². The lowest BCUT2D eigenvalue weighted by Gasteiger charge is -2.03. The highest BCUT2D eigenvalue weighted by molar-refractivity contribution is 14.1. The summed E-state index contributed by atoms with van der Waals surface area (Å²) in [6.45, 7) is 3.11. The second kappa shape index (κ2) is 6.97. The molecule has 0 bridgehead atoms. The van der Waals surface area contributed by atoms with Crippen LogP contribution < -0.4 is 0 Å². The van der Waals surface area contributed by atoms with Gasteiger partial charge in [0, 0.05) is 31.9 Å². The first-order valence-electron chi connectivity index (χ1n) is 8.60. The minimum atomic E-state index is 0.681. The van der Waals surface area contributed by atoms with E-state index in [-0.39, 0.29) is 0 Å². The summed E-state index contributed by atoms with van der Waals surface area (Å²) in [6, 6.07) is 25.3. The molecule has 4 aromatic rings. The van der Waals surface area contributed by atoms with Crippen molar-refractivity contribution in [2.24, 2.45) is 0 Å². The van der Waals surface area contributed by atoms with Crippen LogP contribution in [0.15, 0.2) is 66.7 Å². The number of benzene rings is 3. The highest BCUT2D eigenvalue weighted by atomic mass is 127. The summed E-state index contributed by atoms with van der Waals surface area (Å²) in [5, 5.41) is 12.1. The van der Waals surface area contributed by atoms with Crippen molar-refractivity contribution in [3.05, 3.63) is 81.4 Å². The molecule has 0 atom stereocenters. The standard InChI is InChI=1S/C23H17IN2/c1-2-26-22-6-4-3-5-20(22)21-14-16(7-12-23(21)26)13-18(15-25)17-8-10-19(24)11-9-17/h3-14H,2H2,1H3/b18-13+. The Balaban J connectivity index is 1.88. The van der Waals surface area contributed by atoms with Gasteiger partial charge in [0.1, 0.15) is 0 Å². The highest BCUT2D eigenvalue weighted by Gasteiger charge is 2.09. The van der Waals surface area contributed by atoms with Gasteiger partial charge < -0.3 is 4.57 Å². The summed E-state index contributed by atoms with van der Waals surface area (Å²) in [5.74, 6) is 0. The Bertz CT molecular complexity index is 1170. The van der Waals surface area contributed by atoms with E-state index < -0.39 is 0 Å². The molecule has 0 spiro atoms. The molecule has 126 valence electrons. The Kier molecular flexibility index (Phi) is 4.52. The van der Waals surface area contributed by atoms with E-state index in [1.807, 2.05) is 30.3 Å². The zero-order valence-electron chi connectivity index (χ0n) is 14.4. The summed E-state index contributed by atoms with van der Waals surface area (Å²) in [4.78, 5) is 0. The van der Waals surface area contributed by atoms with Crippen LogP contribution in [0.1, 0.15) is 18.1 Å². The fourth-order valence-corrected chi connectivity index (χ4v) is 3.84. The summed E-state index contributed by atoms with van der Waals surface area (Å²) in [5.41, 5.74) is 5.17. The third-order valence-electron chi connectivity index (χ3n) is 4.70. The zero-order valence-corrected chi connectivity index (χ0v) is 16.6. The molecule has 0 aliphatic carbocycles. The molecule has 0 saturated heterocycles. The molecular formula is C23H17IN2. The number of nitriles is 1. The van der Waals surface area contributed by atoms with Crippen molar-refractivity contribution in [3.8, 4) is 6.07 Å². The maximum Gasteiger partial charge on any atom is 0.0998 e. The predicted molar refractivity (Wildman–Crippen MR) is 118 cm³/mol. The molecule has 3 aromatic carbocycles. The minimum Gasteiger partial charge on any atom is -0.341 e. The number of hydrogen-bond acceptors (Lipinski definition) is 1. The van der Waals surface area contributed by atoms with Gasteiger partial charge in [-0.15, -0.1) is 0 Å². The highest BCUT2D eigenvalue weighted by Crippen LogP contribution is 2.30. The Morgan fingerprint density at radius 1 is 1.00 bits per heavy atom. The number of halogens is 1. The lowest BCUT2D eigenvalue weighted by Crippen LogP contribution is -1.92. The van der Waals surface area contributed by atoms with Crippen LogP contribution in [0.2, 0.25) is 0 Å². The number of para-hydroxylation sites is 1. The molecule has 0 aliphatic heterocycles. The molecule has 0 radical (unpaired) electrons. The van der Waals surface area contributed by atoms with E-state index in [9.17, 15) is 5.26 Å². The third kappa shape index (κ3) is 2.91. The molecule has 0 fully saturated rings. The molecule has 0 amide bonds. The third-order valence-corrected chi connectivity index (χ3v) is 5.42. The monoisotopic (exact) mass is 448 g/mol. The molecule has 0 unspecified atom stereocenters. The topological polar surface area (TPSA) is 28.7 Å². The van der Waals surface area contributed by atoms with Crippen molar-refractivity contribution < 1.29 is 0 Å². The second-order valence-corrected chi connectivity index (χ2v) is 7.46. The minimum absolute atomic E-state index is 0.681. The van der Waals surface area contributed by atoms with Gasteiger partial charge >= 0.3 is 0 Å². The Hall–Kier alpha value is -2.58. The number of aryl methyl sites for hydroxylation is 1. The van der Waals surface area contributed by atoms with Crippen molar-refractivity contribution in [2.45, 2.75) is 13.5 Å². The van der Waals surface area contributed by atoms with Gasteiger partial charge in [-0.3, -0.25) is 0 Å². The smallest absolute Gasteiger partial charge is 0.0998 e. The van der Waals surface area contributed by atoms with Crippen molar-refractivity contribution >= 4 is 56.0 Å². The Morgan fingerprint density at radius 3 is 2.46 bits per heavy atom. The molecule has 0 saturated carbocycles. The van der Waals surface area contributed by atoms with Crippen molar-refractivity contribution in [3.63, 3.8) is 0 Å². The molecule has 0 N–H and O–H groups in total. The number of aromatic nitrogens is 1. The van der Waals surface area contributed by atoms with Crippen molar-refractivity contribution in [1.29, 1.82) is 5.26 Å². The van der Waals surface area contributed by atoms with E-state index in [2.05, 4.69) is 82.6 Å². The van der Waals surface area contributed by atoms with E-state index >= 15 is 0 Å². The predicted octanol–water partition coefficient (Wildman–Crippen LogP) is 6.48. The van der Waals surface area contributed by atoms with Crippen LogP contribution in [0.25, 0.3) is 33.5 Å². The molecule has 4 rings (SSSR count). The SMILES string of the molecule is CCn1c2ccccc2c2cc(/C=C(\C#N)c3ccc(I)cc3)ccc21. The molecule has 0 aliphatic rings. The largest absolute Gasteiger partial charge is 0.341 e. The van der Waals surface area contributed by atoms with Gasteiger partial charge in [0.25, 0.3) is 0 Å². The van der Waals surface area contributed by atoms with Gasteiger partial charge in [-0.2, -0.15) is 5.26 Å². The van der Waals surface area contributed by atoms with E-state index in [4.69, 9.17) is 0 Å². The van der Waals surface area contributed by atoms with Crippen LogP contribution in [-0.4, -0.2) is 4.57 Å². The first kappa shape index (κ1) is 16.9. The summed E-state index contributed by atoms with van der Waals surface area (Å²) in [6.07, 6.45) is 1.97. The van der Waals surface area contributed by atoms with Crippen LogP contribution >= 0.6 is 22.6 Å². The number of fused-ring (bicyclic) bond motifs is 3. The zero-order chi connectivity index (χ0) is 18.1. The Labute approximate surface area is 166 Å². The summed E-state index contributed by atoms with van der Waals surface area (Å²) in [7, 11) is 0. The normalized spacial score (nSPS) is 11.8. The van der Waals surface area contributed by atoms with E-state index in [0.717, 1.165) is 21.2 Å². The van der Waals surface area contributed by atoms with Crippen molar-refractivity contribution in [2.75, 3.05) is 0 Å². The van der Waals surface area contributed by atoms with Crippen LogP contribution in [-0.2, 0) is 6.54 Å². The first-order valence-corrected chi connectivity index (χ1v) is 9.68. The fourth-order valence-electron chi connectivity index (χ4n) is 3.48. The van der Waals surface area contributed by atoms with Gasteiger partial charge in [0.05, 0.1) is 11.6 Å². The van der Waals surface area contributed by atoms with Crippen LogP contribution in [0.5, 0.6) is 0 Å². The van der Waals surface area contributed by atoms with Crippen LogP contribution in [0.3, 0.4) is 0 Å². The van der Waals surface area contributed by atoms with Gasteiger partial charge in [0.2, 0.25) is 0 Å². The maximum atomic E-state index is 9.61. The molecule has 26 heavy (non-hydrogen) atoms. The van der Waals surface area contributed by atoms with Gasteiger partial charge in [0.15, 0.2) is 0 Å². The molecule has 3 heteroatoms. The number of rotatable bonds is 3. The maximum absolute atomic E-state index is 9.61. The number of allylic oxidation sites excluding steroid dienone is 1. The van der Waals surface area contributed by atoms with Gasteiger partial charge in [-0.05, 0) is 77.0 Å². The van der Waals surface area contributed by atoms with Crippen molar-refractivity contribution in [1.82, 2.24) is 4.57 Å². The molecule has 2 nitrogen and oxygen atoms in total. The van der Waals surface area contributed by atoms with Gasteiger partial charge in [-0.1, -0.05) is 36.4 Å². The van der Waals surface area contributed by atoms with Crippen LogP contribution in [0.4, 0.5) is 0 Å². The van der Waals surface area contributed by atoms with E-state index in [0.29, 0.717) is 5.57 Å². The van der Waals surface area contributed by atoms with Gasteiger partial charge in [-0.25, -0.2) is 0 Å². The average molecular weight is 448 g/mol. The Morgan fingerprint density at radius 2 is 1.73 bits per heavy atom. The molecule has 1 aromatic heterocycles. The summed E-state index contributed by atoms with van der Waals surface area (Å²) < 4.78 is 3.50. The summed E-state index contributed by atoms with van der Waals surface area (Å²) >= 11 is 2.27. The lowest BCUT2D eigenvalue weighted by molar-refractivity contribution is 0.827. The average Bonchev–Trinajstić information content (AvgIpc) is 3.00. The number of hydrogen-bond donors (Lipinski definition) is 0. The lowest BCUT2D eigenvalue weighted by atomic mass is 10.0. The fraction of sp³-hybridized carbons (Fsp3) is 0.0870. The quantitative estimate of drug-likeness (QED) is 0.200.